The fourth-order valence-electron chi connectivity index (χ4n) is 3.12. The van der Waals surface area contributed by atoms with E-state index in [0.717, 1.165) is 16.5 Å². The van der Waals surface area contributed by atoms with Crippen LogP contribution in [0.5, 0.6) is 0 Å². The highest BCUT2D eigenvalue weighted by Crippen LogP contribution is 2.28. The number of nitrogens with one attached hydrogen (secondary N) is 4. The molecule has 1 atom stereocenters. The summed E-state index contributed by atoms with van der Waals surface area (Å²) in [6, 6.07) is 11.0. The standard InChI is InChI=1S/C19H16FN5OS/c1-10-16(17(24-19(27)22-10)11-2-4-13(20)5-3-11)18(26)23-14-6-7-15-12(8-14)9-21-25-15/h2-9,17H,1H3,(H,21,25)(H,23,26)(H2,22,24,27). The van der Waals surface area contributed by atoms with Crippen molar-refractivity contribution in [3.8, 4) is 0 Å². The van der Waals surface area contributed by atoms with E-state index in [9.17, 15) is 9.18 Å². The number of aromatic amines is 1. The maximum Gasteiger partial charge on any atom is 0.255 e. The van der Waals surface area contributed by atoms with E-state index < -0.39 is 6.04 Å². The lowest BCUT2D eigenvalue weighted by Gasteiger charge is -2.30. The zero-order chi connectivity index (χ0) is 19.0. The predicted octanol–water partition coefficient (Wildman–Crippen LogP) is 3.13. The molecule has 4 N–H and O–H groups in total. The minimum atomic E-state index is -0.475. The number of H-pyrrole nitrogens is 1. The van der Waals surface area contributed by atoms with Crippen molar-refractivity contribution in [3.05, 3.63) is 71.3 Å². The number of amides is 1. The first-order chi connectivity index (χ1) is 13.0. The molecule has 0 fully saturated rings. The molecule has 1 amide bonds. The number of anilines is 1. The first kappa shape index (κ1) is 17.2. The summed E-state index contributed by atoms with van der Waals surface area (Å²) in [4.78, 5) is 13.0. The Hall–Kier alpha value is -3.26. The summed E-state index contributed by atoms with van der Waals surface area (Å²) < 4.78 is 13.3. The Balaban J connectivity index is 1.66. The van der Waals surface area contributed by atoms with Crippen molar-refractivity contribution in [3.63, 3.8) is 0 Å². The van der Waals surface area contributed by atoms with Crippen LogP contribution >= 0.6 is 12.2 Å². The van der Waals surface area contributed by atoms with Gasteiger partial charge in [0.1, 0.15) is 5.82 Å². The second kappa shape index (κ2) is 6.81. The van der Waals surface area contributed by atoms with Gasteiger partial charge < -0.3 is 16.0 Å². The predicted molar refractivity (Wildman–Crippen MR) is 105 cm³/mol. The SMILES string of the molecule is CC1=C(C(=O)Nc2ccc3[nH]ncc3c2)C(c2ccc(F)cc2)NC(=S)N1. The number of allylic oxidation sites excluding steroid dienone is 1. The Bertz CT molecular complexity index is 1070. The van der Waals surface area contributed by atoms with Gasteiger partial charge in [0, 0.05) is 16.8 Å². The van der Waals surface area contributed by atoms with E-state index >= 15 is 0 Å². The Morgan fingerprint density at radius 1 is 1.22 bits per heavy atom. The quantitative estimate of drug-likeness (QED) is 0.524. The molecular weight excluding hydrogens is 365 g/mol. The van der Waals surface area contributed by atoms with Gasteiger partial charge in [-0.05, 0) is 55.0 Å². The minimum Gasteiger partial charge on any atom is -0.351 e. The highest BCUT2D eigenvalue weighted by Gasteiger charge is 2.30. The molecule has 1 aliphatic rings. The number of aromatic nitrogens is 2. The van der Waals surface area contributed by atoms with Crippen molar-refractivity contribution in [2.75, 3.05) is 5.32 Å². The normalized spacial score (nSPS) is 16.8. The molecule has 0 saturated carbocycles. The molecule has 8 heteroatoms. The molecule has 2 heterocycles. The van der Waals surface area contributed by atoms with Crippen molar-refractivity contribution in [2.45, 2.75) is 13.0 Å². The first-order valence-corrected chi connectivity index (χ1v) is 8.70. The molecule has 136 valence electrons. The molecule has 0 bridgehead atoms. The van der Waals surface area contributed by atoms with Crippen LogP contribution in [0, 0.1) is 5.82 Å². The molecule has 1 unspecified atom stereocenters. The molecule has 2 aromatic carbocycles. The van der Waals surface area contributed by atoms with Crippen molar-refractivity contribution in [1.29, 1.82) is 0 Å². The van der Waals surface area contributed by atoms with Crippen LogP contribution in [0.2, 0.25) is 0 Å². The van der Waals surface area contributed by atoms with Gasteiger partial charge in [-0.1, -0.05) is 12.1 Å². The number of hydrogen-bond donors (Lipinski definition) is 4. The van der Waals surface area contributed by atoms with E-state index in [1.165, 1.54) is 12.1 Å². The molecule has 0 spiro atoms. The number of carbonyl (C=O) groups excluding carboxylic acids is 1. The molecule has 3 aromatic rings. The topological polar surface area (TPSA) is 81.8 Å². The second-order valence-electron chi connectivity index (χ2n) is 6.25. The largest absolute Gasteiger partial charge is 0.351 e. The maximum atomic E-state index is 13.3. The molecule has 6 nitrogen and oxygen atoms in total. The molecule has 0 radical (unpaired) electrons. The van der Waals surface area contributed by atoms with Crippen LogP contribution in [-0.2, 0) is 4.79 Å². The van der Waals surface area contributed by atoms with Crippen LogP contribution in [0.15, 0.2) is 59.9 Å². The number of carbonyl (C=O) groups is 1. The summed E-state index contributed by atoms with van der Waals surface area (Å²) in [7, 11) is 0. The molecule has 0 saturated heterocycles. The van der Waals surface area contributed by atoms with Gasteiger partial charge in [-0.25, -0.2) is 4.39 Å². The third-order valence-electron chi connectivity index (χ3n) is 4.42. The average Bonchev–Trinajstić information content (AvgIpc) is 3.09. The number of rotatable bonds is 3. The summed E-state index contributed by atoms with van der Waals surface area (Å²) in [5, 5.41) is 17.1. The van der Waals surface area contributed by atoms with Crippen molar-refractivity contribution >= 4 is 39.8 Å². The van der Waals surface area contributed by atoms with Crippen LogP contribution in [0.25, 0.3) is 10.9 Å². The van der Waals surface area contributed by atoms with Crippen molar-refractivity contribution in [2.24, 2.45) is 0 Å². The van der Waals surface area contributed by atoms with E-state index in [0.29, 0.717) is 22.1 Å². The van der Waals surface area contributed by atoms with Crippen LogP contribution < -0.4 is 16.0 Å². The van der Waals surface area contributed by atoms with Gasteiger partial charge in [-0.2, -0.15) is 5.10 Å². The van der Waals surface area contributed by atoms with E-state index in [-0.39, 0.29) is 11.7 Å². The Kier molecular flexibility index (Phi) is 4.33. The summed E-state index contributed by atoms with van der Waals surface area (Å²) in [6.07, 6.45) is 1.69. The summed E-state index contributed by atoms with van der Waals surface area (Å²) >= 11 is 5.23. The number of halogens is 1. The Morgan fingerprint density at radius 3 is 2.78 bits per heavy atom. The van der Waals surface area contributed by atoms with Crippen molar-refractivity contribution in [1.82, 2.24) is 20.8 Å². The molecule has 27 heavy (non-hydrogen) atoms. The highest BCUT2D eigenvalue weighted by atomic mass is 32.1. The molecular formula is C19H16FN5OS. The van der Waals surface area contributed by atoms with Gasteiger partial charge in [-0.3, -0.25) is 9.89 Å². The lowest BCUT2D eigenvalue weighted by Crippen LogP contribution is -2.45. The molecule has 0 aliphatic carbocycles. The van der Waals surface area contributed by atoms with E-state index in [1.54, 1.807) is 31.3 Å². The Labute approximate surface area is 159 Å². The summed E-state index contributed by atoms with van der Waals surface area (Å²) in [5.41, 5.74) is 3.42. The van der Waals surface area contributed by atoms with Gasteiger partial charge in [0.2, 0.25) is 0 Å². The second-order valence-corrected chi connectivity index (χ2v) is 6.66. The van der Waals surface area contributed by atoms with Crippen LogP contribution in [-0.4, -0.2) is 21.2 Å². The Morgan fingerprint density at radius 2 is 2.00 bits per heavy atom. The number of benzene rings is 2. The number of nitrogens with zero attached hydrogens (tertiary/aromatic N) is 1. The molecule has 1 aromatic heterocycles. The van der Waals surface area contributed by atoms with Crippen LogP contribution in [0.4, 0.5) is 10.1 Å². The van der Waals surface area contributed by atoms with Gasteiger partial charge in [0.05, 0.1) is 23.3 Å². The van der Waals surface area contributed by atoms with E-state index in [4.69, 9.17) is 12.2 Å². The lowest BCUT2D eigenvalue weighted by molar-refractivity contribution is -0.113. The summed E-state index contributed by atoms with van der Waals surface area (Å²) in [5.74, 6) is -0.609. The van der Waals surface area contributed by atoms with Crippen molar-refractivity contribution < 1.29 is 9.18 Å². The fraction of sp³-hybridized carbons (Fsp3) is 0.105. The number of thiocarbonyl (C=S) groups is 1. The average molecular weight is 381 g/mol. The minimum absolute atomic E-state index is 0.271. The maximum absolute atomic E-state index is 13.3. The zero-order valence-corrected chi connectivity index (χ0v) is 15.2. The van der Waals surface area contributed by atoms with Gasteiger partial charge in [-0.15, -0.1) is 0 Å². The van der Waals surface area contributed by atoms with Gasteiger partial charge in [0.15, 0.2) is 5.11 Å². The third-order valence-corrected chi connectivity index (χ3v) is 4.64. The zero-order valence-electron chi connectivity index (χ0n) is 14.3. The molecule has 4 rings (SSSR count). The van der Waals surface area contributed by atoms with Gasteiger partial charge in [0.25, 0.3) is 5.91 Å². The van der Waals surface area contributed by atoms with E-state index in [1.807, 2.05) is 12.1 Å². The third kappa shape index (κ3) is 3.39. The monoisotopic (exact) mass is 381 g/mol. The van der Waals surface area contributed by atoms with E-state index in [2.05, 4.69) is 26.1 Å². The first-order valence-electron chi connectivity index (χ1n) is 8.29. The number of fused-ring (bicyclic) bond motifs is 1. The van der Waals surface area contributed by atoms with Crippen LogP contribution in [0.1, 0.15) is 18.5 Å². The smallest absolute Gasteiger partial charge is 0.255 e. The number of hydrogen-bond acceptors (Lipinski definition) is 3. The molecule has 1 aliphatic heterocycles. The summed E-state index contributed by atoms with van der Waals surface area (Å²) in [6.45, 7) is 1.79. The highest BCUT2D eigenvalue weighted by molar-refractivity contribution is 7.80. The lowest BCUT2D eigenvalue weighted by atomic mass is 9.95. The van der Waals surface area contributed by atoms with Gasteiger partial charge >= 0.3 is 0 Å². The fourth-order valence-corrected chi connectivity index (χ4v) is 3.39. The van der Waals surface area contributed by atoms with Crippen LogP contribution in [0.3, 0.4) is 0 Å².